The molecule has 27 heavy (non-hydrogen) atoms. The molecule has 1 heterocycles. The molecule has 0 saturated carbocycles. The van der Waals surface area contributed by atoms with Crippen LogP contribution in [0.25, 0.3) is 0 Å². The predicted molar refractivity (Wildman–Crippen MR) is 104 cm³/mol. The maximum Gasteiger partial charge on any atom is 0.227 e. The summed E-state index contributed by atoms with van der Waals surface area (Å²) >= 11 is 0. The molecule has 0 bridgehead atoms. The van der Waals surface area contributed by atoms with E-state index in [0.717, 1.165) is 30.9 Å². The van der Waals surface area contributed by atoms with E-state index in [1.54, 1.807) is 17.0 Å². The lowest BCUT2D eigenvalue weighted by Crippen LogP contribution is -2.33. The largest absolute Gasteiger partial charge is 0.491 e. The molecular weight excluding hydrogens is 343 g/mol. The summed E-state index contributed by atoms with van der Waals surface area (Å²) in [6.07, 6.45) is 0.201. The minimum absolute atomic E-state index is 0.00815. The van der Waals surface area contributed by atoms with Crippen molar-refractivity contribution < 1.29 is 13.9 Å². The minimum Gasteiger partial charge on any atom is -0.491 e. The fourth-order valence-electron chi connectivity index (χ4n) is 3.40. The summed E-state index contributed by atoms with van der Waals surface area (Å²) in [5.41, 5.74) is 2.95. The van der Waals surface area contributed by atoms with Gasteiger partial charge >= 0.3 is 0 Å². The number of rotatable bonds is 6. The minimum atomic E-state index is -0.314. The molecule has 0 N–H and O–H groups in total. The van der Waals surface area contributed by atoms with Crippen LogP contribution in [0.3, 0.4) is 0 Å². The quantitative estimate of drug-likeness (QED) is 0.778. The first kappa shape index (κ1) is 19.4. The lowest BCUT2D eigenvalue weighted by molar-refractivity contribution is -0.131. The van der Waals surface area contributed by atoms with Crippen LogP contribution in [0, 0.1) is 5.82 Å². The van der Waals surface area contributed by atoms with E-state index in [2.05, 4.69) is 30.9 Å². The van der Waals surface area contributed by atoms with Crippen molar-refractivity contribution >= 4 is 5.91 Å². The van der Waals surface area contributed by atoms with Crippen LogP contribution in [-0.2, 0) is 24.3 Å². The summed E-state index contributed by atoms with van der Waals surface area (Å²) < 4.78 is 19.2. The summed E-state index contributed by atoms with van der Waals surface area (Å²) in [6.45, 7) is 8.73. The number of amides is 1. The molecule has 5 heteroatoms. The summed E-state index contributed by atoms with van der Waals surface area (Å²) in [5.74, 6) is 0.524. The Balaban J connectivity index is 1.73. The van der Waals surface area contributed by atoms with Gasteiger partial charge in [-0.3, -0.25) is 9.69 Å². The van der Waals surface area contributed by atoms with Crippen LogP contribution >= 0.6 is 0 Å². The van der Waals surface area contributed by atoms with E-state index in [9.17, 15) is 9.18 Å². The van der Waals surface area contributed by atoms with E-state index in [0.29, 0.717) is 25.3 Å². The van der Waals surface area contributed by atoms with Crippen LogP contribution in [0.1, 0.15) is 30.5 Å². The number of ether oxygens (including phenoxy) is 1. The van der Waals surface area contributed by atoms with Crippen molar-refractivity contribution in [3.63, 3.8) is 0 Å². The monoisotopic (exact) mass is 370 g/mol. The van der Waals surface area contributed by atoms with Crippen molar-refractivity contribution in [2.24, 2.45) is 0 Å². The highest BCUT2D eigenvalue weighted by Crippen LogP contribution is 2.25. The van der Waals surface area contributed by atoms with Gasteiger partial charge in [0.2, 0.25) is 5.91 Å². The summed E-state index contributed by atoms with van der Waals surface area (Å²) in [6, 6.07) is 12.5. The number of hydrogen-bond acceptors (Lipinski definition) is 3. The molecule has 2 aromatic carbocycles. The third-order valence-corrected chi connectivity index (χ3v) is 5.00. The third-order valence-electron chi connectivity index (χ3n) is 5.00. The zero-order valence-electron chi connectivity index (χ0n) is 16.1. The fraction of sp³-hybridized carbons (Fsp3) is 0.409. The van der Waals surface area contributed by atoms with Gasteiger partial charge in [-0.2, -0.15) is 0 Å². The van der Waals surface area contributed by atoms with Gasteiger partial charge in [0, 0.05) is 18.7 Å². The van der Waals surface area contributed by atoms with Crippen LogP contribution in [0.5, 0.6) is 5.75 Å². The second-order valence-electron chi connectivity index (χ2n) is 6.87. The molecule has 4 nitrogen and oxygen atoms in total. The molecule has 0 saturated heterocycles. The second-order valence-corrected chi connectivity index (χ2v) is 6.87. The average Bonchev–Trinajstić information content (AvgIpc) is 2.88. The van der Waals surface area contributed by atoms with Crippen molar-refractivity contribution in [3.05, 3.63) is 65.0 Å². The Labute approximate surface area is 160 Å². The third kappa shape index (κ3) is 5.07. The Morgan fingerprint density at radius 1 is 1.15 bits per heavy atom. The van der Waals surface area contributed by atoms with Gasteiger partial charge in [-0.05, 0) is 48.5 Å². The van der Waals surface area contributed by atoms with Gasteiger partial charge < -0.3 is 9.64 Å². The summed E-state index contributed by atoms with van der Waals surface area (Å²) in [4.78, 5) is 16.9. The van der Waals surface area contributed by atoms with E-state index >= 15 is 0 Å². The Bertz CT molecular complexity index is 790. The molecule has 0 spiro atoms. The van der Waals surface area contributed by atoms with E-state index in [-0.39, 0.29) is 18.1 Å². The maximum atomic E-state index is 13.4. The van der Waals surface area contributed by atoms with Crippen molar-refractivity contribution in [2.75, 3.05) is 26.2 Å². The number of halogens is 1. The molecule has 1 aliphatic rings. The molecule has 1 amide bonds. The van der Waals surface area contributed by atoms with Crippen LogP contribution in [-0.4, -0.2) is 41.9 Å². The van der Waals surface area contributed by atoms with Gasteiger partial charge in [0.05, 0.1) is 13.0 Å². The maximum absolute atomic E-state index is 13.4. The highest BCUT2D eigenvalue weighted by atomic mass is 19.1. The molecule has 0 aromatic heterocycles. The van der Waals surface area contributed by atoms with Gasteiger partial charge in [-0.1, -0.05) is 32.0 Å². The van der Waals surface area contributed by atoms with Crippen LogP contribution in [0.4, 0.5) is 4.39 Å². The average molecular weight is 370 g/mol. The van der Waals surface area contributed by atoms with Crippen molar-refractivity contribution in [3.8, 4) is 5.75 Å². The van der Waals surface area contributed by atoms with Crippen LogP contribution < -0.4 is 4.74 Å². The topological polar surface area (TPSA) is 32.8 Å². The lowest BCUT2D eigenvalue weighted by atomic mass is 10.1. The number of fused-ring (bicyclic) bond motifs is 1. The molecule has 1 aliphatic heterocycles. The Kier molecular flexibility index (Phi) is 6.45. The number of carbonyl (C=O) groups is 1. The molecule has 0 radical (unpaired) electrons. The first-order valence-electron chi connectivity index (χ1n) is 9.58. The van der Waals surface area contributed by atoms with Gasteiger partial charge in [0.15, 0.2) is 0 Å². The number of nitrogens with zero attached hydrogens (tertiary/aromatic N) is 2. The molecule has 3 rings (SSSR count). The number of carbonyl (C=O) groups excluding carboxylic acids is 1. The Morgan fingerprint density at radius 3 is 2.70 bits per heavy atom. The van der Waals surface area contributed by atoms with E-state index < -0.39 is 0 Å². The molecule has 0 aliphatic carbocycles. The number of hydrogen-bond donors (Lipinski definition) is 0. The predicted octanol–water partition coefficient (Wildman–Crippen LogP) is 3.63. The van der Waals surface area contributed by atoms with E-state index in [4.69, 9.17) is 4.74 Å². The van der Waals surface area contributed by atoms with E-state index in [1.807, 2.05) is 6.07 Å². The highest BCUT2D eigenvalue weighted by molar-refractivity contribution is 5.79. The second kappa shape index (κ2) is 9.00. The van der Waals surface area contributed by atoms with Crippen molar-refractivity contribution in [1.82, 2.24) is 9.80 Å². The SMILES string of the molecule is CCN(CC)Cc1ccc2c(c1)CN(C(=O)Cc1cccc(F)c1)CCO2. The zero-order chi connectivity index (χ0) is 19.2. The highest BCUT2D eigenvalue weighted by Gasteiger charge is 2.20. The Hall–Kier alpha value is -2.40. The molecule has 144 valence electrons. The summed E-state index contributed by atoms with van der Waals surface area (Å²) in [5, 5.41) is 0. The molecule has 2 aromatic rings. The first-order chi connectivity index (χ1) is 13.1. The fourth-order valence-corrected chi connectivity index (χ4v) is 3.40. The molecule has 0 atom stereocenters. The summed E-state index contributed by atoms with van der Waals surface area (Å²) in [7, 11) is 0. The van der Waals surface area contributed by atoms with Gasteiger partial charge in [0.1, 0.15) is 18.2 Å². The van der Waals surface area contributed by atoms with Gasteiger partial charge in [0.25, 0.3) is 0 Å². The van der Waals surface area contributed by atoms with Gasteiger partial charge in [-0.25, -0.2) is 4.39 Å². The van der Waals surface area contributed by atoms with Crippen molar-refractivity contribution in [1.29, 1.82) is 0 Å². The smallest absolute Gasteiger partial charge is 0.227 e. The van der Waals surface area contributed by atoms with Crippen LogP contribution in [0.2, 0.25) is 0 Å². The van der Waals surface area contributed by atoms with E-state index in [1.165, 1.54) is 17.7 Å². The van der Waals surface area contributed by atoms with Crippen molar-refractivity contribution in [2.45, 2.75) is 33.4 Å². The lowest BCUT2D eigenvalue weighted by Gasteiger charge is -2.21. The molecule has 0 fully saturated rings. The Morgan fingerprint density at radius 2 is 1.96 bits per heavy atom. The van der Waals surface area contributed by atoms with Gasteiger partial charge in [-0.15, -0.1) is 0 Å². The first-order valence-corrected chi connectivity index (χ1v) is 9.58. The standard InChI is InChI=1S/C22H27FN2O2/c1-3-24(4-2)15-18-8-9-21-19(12-18)16-25(10-11-27-21)22(26)14-17-6-5-7-20(23)13-17/h5-9,12-13H,3-4,10-11,14-16H2,1-2H3. The van der Waals surface area contributed by atoms with Crippen LogP contribution in [0.15, 0.2) is 42.5 Å². The number of benzene rings is 2. The zero-order valence-corrected chi connectivity index (χ0v) is 16.1. The normalized spacial score (nSPS) is 13.9. The molecular formula is C22H27FN2O2. The molecule has 0 unspecified atom stereocenters.